The molecule has 0 bridgehead atoms. The van der Waals surface area contributed by atoms with E-state index in [9.17, 15) is 30.0 Å². The average Bonchev–Trinajstić information content (AvgIpc) is 3.52. The van der Waals surface area contributed by atoms with Gasteiger partial charge >= 0.3 is 0 Å². The highest BCUT2D eigenvalue weighted by Gasteiger charge is 2.54. The van der Waals surface area contributed by atoms with E-state index in [4.69, 9.17) is 0 Å². The standard InChI is InChI=1S/C31H39NO6S/c1-4-6-20(13-21-11-18(2)29(36)19(3)12-21)8-9-26(35)27-22(16-33)14-24-28(25(27)17-34)31(38)32(30(24)37)15-23-7-5-10-39-23/h5,7,10-13,24-26,28,33-36H,4,6,8-9,14-17H2,1-3H3/b20-13+/t24-,25+,26-,28-/m1/s1. The first-order valence-corrected chi connectivity index (χ1v) is 14.6. The van der Waals surface area contributed by atoms with Crippen molar-refractivity contribution in [3.63, 3.8) is 0 Å². The molecule has 210 valence electrons. The molecule has 4 N–H and O–H groups in total. The van der Waals surface area contributed by atoms with Gasteiger partial charge in [0.25, 0.3) is 0 Å². The summed E-state index contributed by atoms with van der Waals surface area (Å²) in [4.78, 5) is 28.9. The topological polar surface area (TPSA) is 118 Å². The number of phenols is 1. The van der Waals surface area contributed by atoms with Gasteiger partial charge in [0.15, 0.2) is 0 Å². The van der Waals surface area contributed by atoms with Crippen LogP contribution in [-0.4, -0.2) is 56.5 Å². The Kier molecular flexibility index (Phi) is 9.43. The van der Waals surface area contributed by atoms with E-state index >= 15 is 0 Å². The van der Waals surface area contributed by atoms with Crippen molar-refractivity contribution >= 4 is 29.2 Å². The molecule has 0 spiro atoms. The number of thiophene rings is 1. The number of phenolic OH excluding ortho intramolecular Hbond substituents is 1. The molecule has 0 unspecified atom stereocenters. The van der Waals surface area contributed by atoms with Gasteiger partial charge in [0, 0.05) is 10.8 Å². The molecule has 1 aliphatic carbocycles. The van der Waals surface area contributed by atoms with E-state index in [-0.39, 0.29) is 38.0 Å². The van der Waals surface area contributed by atoms with Crippen molar-refractivity contribution in [2.24, 2.45) is 17.8 Å². The Morgan fingerprint density at radius 1 is 1.15 bits per heavy atom. The molecule has 1 aromatic heterocycles. The highest BCUT2D eigenvalue weighted by molar-refractivity contribution is 7.09. The number of fused-ring (bicyclic) bond motifs is 1. The zero-order chi connectivity index (χ0) is 28.3. The molecule has 2 aromatic rings. The van der Waals surface area contributed by atoms with Crippen LogP contribution >= 0.6 is 11.3 Å². The highest BCUT2D eigenvalue weighted by Crippen LogP contribution is 2.46. The zero-order valence-corrected chi connectivity index (χ0v) is 23.7. The molecule has 0 saturated carbocycles. The van der Waals surface area contributed by atoms with Gasteiger partial charge in [-0.15, -0.1) is 11.3 Å². The third-order valence-electron chi connectivity index (χ3n) is 8.11. The summed E-state index contributed by atoms with van der Waals surface area (Å²) in [7, 11) is 0. The molecule has 1 aromatic carbocycles. The molecule has 8 heteroatoms. The Morgan fingerprint density at radius 2 is 1.87 bits per heavy atom. The van der Waals surface area contributed by atoms with Crippen molar-refractivity contribution in [3.8, 4) is 5.75 Å². The van der Waals surface area contributed by atoms with Crippen LogP contribution in [0.5, 0.6) is 5.75 Å². The third kappa shape index (κ3) is 6.04. The van der Waals surface area contributed by atoms with E-state index in [2.05, 4.69) is 13.0 Å². The second-order valence-corrected chi connectivity index (χ2v) is 11.8. The molecule has 39 heavy (non-hydrogen) atoms. The molecule has 1 saturated heterocycles. The van der Waals surface area contributed by atoms with Gasteiger partial charge in [-0.25, -0.2) is 0 Å². The lowest BCUT2D eigenvalue weighted by Crippen LogP contribution is -2.39. The molecular weight excluding hydrogens is 514 g/mol. The van der Waals surface area contributed by atoms with Crippen LogP contribution in [0.25, 0.3) is 6.08 Å². The van der Waals surface area contributed by atoms with Gasteiger partial charge in [0.2, 0.25) is 11.8 Å². The van der Waals surface area contributed by atoms with Crippen molar-refractivity contribution in [2.45, 2.75) is 65.5 Å². The van der Waals surface area contributed by atoms with Crippen LogP contribution in [0, 0.1) is 31.6 Å². The number of carbonyl (C=O) groups is 2. The van der Waals surface area contributed by atoms with Crippen LogP contribution in [0.15, 0.2) is 46.4 Å². The molecular formula is C31H39NO6S. The number of amides is 2. The summed E-state index contributed by atoms with van der Waals surface area (Å²) >= 11 is 1.48. The summed E-state index contributed by atoms with van der Waals surface area (Å²) in [6, 6.07) is 7.63. The van der Waals surface area contributed by atoms with Crippen LogP contribution < -0.4 is 0 Å². The maximum Gasteiger partial charge on any atom is 0.234 e. The fourth-order valence-corrected chi connectivity index (χ4v) is 6.95. The smallest absolute Gasteiger partial charge is 0.234 e. The highest BCUT2D eigenvalue weighted by atomic mass is 32.1. The minimum Gasteiger partial charge on any atom is -0.507 e. The molecule has 1 aliphatic heterocycles. The summed E-state index contributed by atoms with van der Waals surface area (Å²) in [6.07, 6.45) is 4.09. The number of aliphatic hydroxyl groups is 3. The normalized spacial score (nSPS) is 22.6. The third-order valence-corrected chi connectivity index (χ3v) is 8.97. The van der Waals surface area contributed by atoms with E-state index in [1.165, 1.54) is 16.2 Å². The van der Waals surface area contributed by atoms with Crippen molar-refractivity contribution in [1.29, 1.82) is 0 Å². The Labute approximate surface area is 234 Å². The van der Waals surface area contributed by atoms with Gasteiger partial charge in [-0.2, -0.15) is 0 Å². The van der Waals surface area contributed by atoms with E-state index < -0.39 is 23.9 Å². The molecule has 1 fully saturated rings. The first kappa shape index (κ1) is 29.2. The summed E-state index contributed by atoms with van der Waals surface area (Å²) in [5, 5.41) is 44.0. The predicted octanol–water partition coefficient (Wildman–Crippen LogP) is 4.50. The molecule has 4 rings (SSSR count). The predicted molar refractivity (Wildman–Crippen MR) is 152 cm³/mol. The van der Waals surface area contributed by atoms with Gasteiger partial charge in [0.05, 0.1) is 37.7 Å². The number of rotatable bonds is 11. The van der Waals surface area contributed by atoms with E-state index in [0.29, 0.717) is 29.7 Å². The van der Waals surface area contributed by atoms with E-state index in [0.717, 1.165) is 40.0 Å². The van der Waals surface area contributed by atoms with Crippen LogP contribution in [0.4, 0.5) is 0 Å². The molecule has 2 heterocycles. The minimum atomic E-state index is -0.956. The van der Waals surface area contributed by atoms with Crippen LogP contribution in [0.3, 0.4) is 0 Å². The fraction of sp³-hybridized carbons (Fsp3) is 0.484. The van der Waals surface area contributed by atoms with Gasteiger partial charge in [-0.1, -0.05) is 31.1 Å². The van der Waals surface area contributed by atoms with Crippen LogP contribution in [-0.2, 0) is 16.1 Å². The number of hydrogen-bond acceptors (Lipinski definition) is 7. The van der Waals surface area contributed by atoms with Gasteiger partial charge < -0.3 is 20.4 Å². The number of allylic oxidation sites excluding steroid dienone is 1. The maximum absolute atomic E-state index is 13.4. The summed E-state index contributed by atoms with van der Waals surface area (Å²) in [6.45, 7) is 5.32. The summed E-state index contributed by atoms with van der Waals surface area (Å²) < 4.78 is 0. The number of aryl methyl sites for hydroxylation is 2. The van der Waals surface area contributed by atoms with Crippen molar-refractivity contribution < 1.29 is 30.0 Å². The molecule has 0 radical (unpaired) electrons. The average molecular weight is 554 g/mol. The molecule has 7 nitrogen and oxygen atoms in total. The minimum absolute atomic E-state index is 0.203. The summed E-state index contributed by atoms with van der Waals surface area (Å²) in [5.74, 6) is -2.39. The number of imide groups is 1. The van der Waals surface area contributed by atoms with Crippen molar-refractivity contribution in [2.75, 3.05) is 13.2 Å². The van der Waals surface area contributed by atoms with Crippen LogP contribution in [0.1, 0.15) is 60.6 Å². The lowest BCUT2D eigenvalue weighted by Gasteiger charge is -2.36. The van der Waals surface area contributed by atoms with E-state index in [1.54, 1.807) is 0 Å². The first-order valence-electron chi connectivity index (χ1n) is 13.7. The Hall–Kier alpha value is -2.78. The maximum atomic E-state index is 13.4. The zero-order valence-electron chi connectivity index (χ0n) is 22.9. The number of aromatic hydroxyl groups is 1. The Balaban J connectivity index is 1.55. The van der Waals surface area contributed by atoms with Gasteiger partial charge in [-0.3, -0.25) is 14.5 Å². The largest absolute Gasteiger partial charge is 0.507 e. The number of likely N-dealkylation sites (tertiary alicyclic amines) is 1. The lowest BCUT2D eigenvalue weighted by atomic mass is 9.68. The monoisotopic (exact) mass is 553 g/mol. The van der Waals surface area contributed by atoms with Gasteiger partial charge in [-0.05, 0) is 90.9 Å². The quantitative estimate of drug-likeness (QED) is 0.240. The molecule has 2 aliphatic rings. The molecule has 2 amide bonds. The van der Waals surface area contributed by atoms with Crippen molar-refractivity contribution in [3.05, 3.63) is 67.9 Å². The Morgan fingerprint density at radius 3 is 2.46 bits per heavy atom. The van der Waals surface area contributed by atoms with Crippen molar-refractivity contribution in [1.82, 2.24) is 4.90 Å². The first-order chi connectivity index (χ1) is 18.7. The number of benzene rings is 1. The SMILES string of the molecule is CCC/C(=C\c1cc(C)c(O)c(C)c1)CC[C@@H](O)C1=C(CO)C[C@H]2C(=O)N(Cc3cccs3)C(=O)[C@H]2[C@H]1CO. The number of aliphatic hydroxyl groups excluding tert-OH is 3. The Bertz CT molecular complexity index is 1240. The second kappa shape index (κ2) is 12.6. The fourth-order valence-electron chi connectivity index (χ4n) is 6.26. The number of nitrogens with zero attached hydrogens (tertiary/aromatic N) is 1. The van der Waals surface area contributed by atoms with Gasteiger partial charge in [0.1, 0.15) is 5.75 Å². The van der Waals surface area contributed by atoms with Crippen LogP contribution in [0.2, 0.25) is 0 Å². The molecule has 4 atom stereocenters. The lowest BCUT2D eigenvalue weighted by molar-refractivity contribution is -0.140. The number of hydrogen-bond donors (Lipinski definition) is 4. The van der Waals surface area contributed by atoms with E-state index in [1.807, 2.05) is 43.5 Å². The number of carbonyl (C=O) groups excluding carboxylic acids is 2. The summed E-state index contributed by atoms with van der Waals surface area (Å²) in [5.41, 5.74) is 4.81. The second-order valence-electron chi connectivity index (χ2n) is 10.8.